The molecule has 0 fully saturated rings. The van der Waals surface area contributed by atoms with Gasteiger partial charge in [-0.1, -0.05) is 0 Å². The first-order valence-corrected chi connectivity index (χ1v) is 10.4. The number of hydrogen-bond donors (Lipinski definition) is 3. The molecular formula is C20H24N3O4S+. The van der Waals surface area contributed by atoms with Crippen molar-refractivity contribution in [2.75, 3.05) is 32.8 Å². The third-order valence-electron chi connectivity index (χ3n) is 5.96. The van der Waals surface area contributed by atoms with Crippen LogP contribution in [-0.4, -0.2) is 33.4 Å². The van der Waals surface area contributed by atoms with Crippen LogP contribution in [0.3, 0.4) is 0 Å². The Morgan fingerprint density at radius 1 is 1.36 bits per heavy atom. The van der Waals surface area contributed by atoms with E-state index in [1.807, 2.05) is 0 Å². The van der Waals surface area contributed by atoms with Gasteiger partial charge in [-0.2, -0.15) is 0 Å². The van der Waals surface area contributed by atoms with Gasteiger partial charge in [0, 0.05) is 11.3 Å². The molecule has 1 amide bonds. The summed E-state index contributed by atoms with van der Waals surface area (Å²) >= 11 is 1.66. The number of nitrogens with one attached hydrogen (secondary N) is 2. The molecular weight excluding hydrogens is 378 g/mol. The Hall–Kier alpha value is -2.45. The molecule has 0 saturated heterocycles. The molecule has 1 aromatic heterocycles. The van der Waals surface area contributed by atoms with Gasteiger partial charge < -0.3 is 30.2 Å². The van der Waals surface area contributed by atoms with Crippen LogP contribution < -0.4 is 30.2 Å². The van der Waals surface area contributed by atoms with Crippen LogP contribution in [-0.2, 0) is 19.3 Å². The molecule has 2 aromatic rings. The summed E-state index contributed by atoms with van der Waals surface area (Å²) in [6.07, 6.45) is 3.91. The highest BCUT2D eigenvalue weighted by molar-refractivity contribution is 7.16. The Kier molecular flexibility index (Phi) is 4.13. The van der Waals surface area contributed by atoms with Crippen molar-refractivity contribution in [1.82, 2.24) is 0 Å². The van der Waals surface area contributed by atoms with E-state index in [4.69, 9.17) is 19.9 Å². The number of rotatable bonds is 4. The number of amides is 1. The van der Waals surface area contributed by atoms with Crippen molar-refractivity contribution < 1.29 is 23.9 Å². The SMILES string of the molecule is COc1c2c(cc3c1[C@H](Nc1sc4c(c1C(N)=O)CCC4)[NH+](C)CC3)OCO2. The highest BCUT2D eigenvalue weighted by Crippen LogP contribution is 2.48. The maximum atomic E-state index is 12.2. The molecule has 0 spiro atoms. The second-order valence-electron chi connectivity index (χ2n) is 7.57. The lowest BCUT2D eigenvalue weighted by atomic mass is 9.95. The van der Waals surface area contributed by atoms with Crippen LogP contribution in [0, 0.1) is 0 Å². The fourth-order valence-corrected chi connectivity index (χ4v) is 5.94. The number of hydrogen-bond acceptors (Lipinski definition) is 6. The number of carbonyl (C=O) groups is 1. The summed E-state index contributed by atoms with van der Waals surface area (Å²) in [5.74, 6) is 1.76. The average Bonchev–Trinajstić information content (AvgIpc) is 3.37. The summed E-state index contributed by atoms with van der Waals surface area (Å²) in [4.78, 5) is 14.8. The third kappa shape index (κ3) is 2.55. The van der Waals surface area contributed by atoms with Gasteiger partial charge in [-0.3, -0.25) is 4.79 Å². The van der Waals surface area contributed by atoms with E-state index in [1.165, 1.54) is 15.3 Å². The van der Waals surface area contributed by atoms with E-state index in [9.17, 15) is 4.79 Å². The summed E-state index contributed by atoms with van der Waals surface area (Å²) in [5, 5.41) is 4.51. The number of quaternary nitrogens is 1. The number of anilines is 1. The number of likely N-dealkylation sites (N-methyl/N-ethyl adjacent to an activating group) is 1. The number of fused-ring (bicyclic) bond motifs is 3. The number of thiophene rings is 1. The minimum Gasteiger partial charge on any atom is -0.492 e. The van der Waals surface area contributed by atoms with Crippen LogP contribution in [0.5, 0.6) is 17.2 Å². The molecule has 2 aliphatic heterocycles. The fourth-order valence-electron chi connectivity index (χ4n) is 4.62. The summed E-state index contributed by atoms with van der Waals surface area (Å²) < 4.78 is 17.0. The van der Waals surface area contributed by atoms with Gasteiger partial charge in [-0.15, -0.1) is 11.3 Å². The molecule has 2 atom stereocenters. The van der Waals surface area contributed by atoms with Crippen LogP contribution >= 0.6 is 11.3 Å². The first-order chi connectivity index (χ1) is 13.6. The minimum absolute atomic E-state index is 0.0647. The molecule has 4 N–H and O–H groups in total. The lowest BCUT2D eigenvalue weighted by Crippen LogP contribution is -3.11. The molecule has 1 unspecified atom stereocenters. The van der Waals surface area contributed by atoms with Crippen molar-refractivity contribution in [3.8, 4) is 17.2 Å². The lowest BCUT2D eigenvalue weighted by molar-refractivity contribution is -0.910. The molecule has 148 valence electrons. The highest BCUT2D eigenvalue weighted by atomic mass is 32.1. The number of aryl methyl sites for hydroxylation is 1. The lowest BCUT2D eigenvalue weighted by Gasteiger charge is -2.33. The van der Waals surface area contributed by atoms with E-state index in [-0.39, 0.29) is 18.9 Å². The van der Waals surface area contributed by atoms with Crippen LogP contribution in [0.4, 0.5) is 5.00 Å². The Balaban J connectivity index is 1.61. The van der Waals surface area contributed by atoms with Crippen LogP contribution in [0.2, 0.25) is 0 Å². The van der Waals surface area contributed by atoms with E-state index >= 15 is 0 Å². The topological polar surface area (TPSA) is 87.2 Å². The zero-order valence-corrected chi connectivity index (χ0v) is 16.8. The van der Waals surface area contributed by atoms with Crippen molar-refractivity contribution in [3.05, 3.63) is 33.2 Å². The Bertz CT molecular complexity index is 971. The molecule has 5 rings (SSSR count). The monoisotopic (exact) mass is 402 g/mol. The first-order valence-electron chi connectivity index (χ1n) is 9.61. The fraction of sp³-hybridized carbons (Fsp3) is 0.450. The number of ether oxygens (including phenoxy) is 3. The predicted molar refractivity (Wildman–Crippen MR) is 106 cm³/mol. The van der Waals surface area contributed by atoms with Crippen molar-refractivity contribution in [3.63, 3.8) is 0 Å². The second kappa shape index (κ2) is 6.56. The van der Waals surface area contributed by atoms with Crippen molar-refractivity contribution in [2.45, 2.75) is 31.8 Å². The van der Waals surface area contributed by atoms with Crippen molar-refractivity contribution in [2.24, 2.45) is 5.73 Å². The molecule has 3 aliphatic rings. The van der Waals surface area contributed by atoms with Crippen LogP contribution in [0.15, 0.2) is 6.07 Å². The molecule has 28 heavy (non-hydrogen) atoms. The maximum absolute atomic E-state index is 12.2. The number of methoxy groups -OCH3 is 1. The minimum atomic E-state index is -0.353. The number of carbonyl (C=O) groups excluding carboxylic acids is 1. The zero-order chi connectivity index (χ0) is 19.4. The van der Waals surface area contributed by atoms with Gasteiger partial charge >= 0.3 is 0 Å². The van der Waals surface area contributed by atoms with E-state index in [2.05, 4.69) is 18.4 Å². The van der Waals surface area contributed by atoms with Gasteiger partial charge in [-0.05, 0) is 36.5 Å². The standard InChI is InChI=1S/C20H23N3O4S/c1-23-7-6-10-8-12-16(27-9-26-12)17(25-2)14(10)19(23)22-20-15(18(21)24)11-4-3-5-13(11)28-20/h8,19,22H,3-7,9H2,1-2H3,(H2,21,24)/p+1/t19-/m1/s1. The van der Waals surface area contributed by atoms with Crippen molar-refractivity contribution in [1.29, 1.82) is 0 Å². The van der Waals surface area contributed by atoms with E-state index in [0.717, 1.165) is 54.1 Å². The molecule has 0 saturated carbocycles. The normalized spacial score (nSPS) is 21.9. The largest absolute Gasteiger partial charge is 0.492 e. The second-order valence-corrected chi connectivity index (χ2v) is 8.67. The number of benzene rings is 1. The van der Waals surface area contributed by atoms with Crippen LogP contribution in [0.1, 0.15) is 44.5 Å². The maximum Gasteiger partial charge on any atom is 0.251 e. The Labute approximate surface area is 167 Å². The zero-order valence-electron chi connectivity index (χ0n) is 16.0. The molecule has 0 bridgehead atoms. The van der Waals surface area contributed by atoms with Gasteiger partial charge in [0.05, 0.1) is 31.8 Å². The smallest absolute Gasteiger partial charge is 0.251 e. The Morgan fingerprint density at radius 3 is 3.00 bits per heavy atom. The molecule has 3 heterocycles. The van der Waals surface area contributed by atoms with Crippen LogP contribution in [0.25, 0.3) is 0 Å². The van der Waals surface area contributed by atoms with Crippen molar-refractivity contribution >= 4 is 22.2 Å². The highest BCUT2D eigenvalue weighted by Gasteiger charge is 2.38. The van der Waals surface area contributed by atoms with E-state index in [1.54, 1.807) is 18.4 Å². The Morgan fingerprint density at radius 2 is 2.21 bits per heavy atom. The molecule has 1 aliphatic carbocycles. The average molecular weight is 402 g/mol. The summed E-state index contributed by atoms with van der Waals surface area (Å²) in [7, 11) is 3.81. The molecule has 0 radical (unpaired) electrons. The number of primary amides is 1. The van der Waals surface area contributed by atoms with Gasteiger partial charge in [-0.25, -0.2) is 0 Å². The summed E-state index contributed by atoms with van der Waals surface area (Å²) in [6, 6.07) is 2.06. The molecule has 1 aromatic carbocycles. The predicted octanol–water partition coefficient (Wildman–Crippen LogP) is 1.25. The van der Waals surface area contributed by atoms with E-state index < -0.39 is 0 Å². The van der Waals surface area contributed by atoms with E-state index in [0.29, 0.717) is 17.1 Å². The number of nitrogens with two attached hydrogens (primary N) is 1. The summed E-state index contributed by atoms with van der Waals surface area (Å²) in [6.45, 7) is 1.17. The molecule has 8 heteroatoms. The first kappa shape index (κ1) is 17.6. The van der Waals surface area contributed by atoms with Gasteiger partial charge in [0.1, 0.15) is 5.00 Å². The summed E-state index contributed by atoms with van der Waals surface area (Å²) in [5.41, 5.74) is 9.81. The van der Waals surface area contributed by atoms with Gasteiger partial charge in [0.25, 0.3) is 5.91 Å². The van der Waals surface area contributed by atoms with Gasteiger partial charge in [0.15, 0.2) is 17.7 Å². The van der Waals surface area contributed by atoms with Gasteiger partial charge in [0.2, 0.25) is 12.5 Å². The molecule has 7 nitrogen and oxygen atoms in total. The third-order valence-corrected chi connectivity index (χ3v) is 7.18. The quantitative estimate of drug-likeness (QED) is 0.717.